The van der Waals surface area contributed by atoms with Gasteiger partial charge in [-0.25, -0.2) is 4.98 Å². The highest BCUT2D eigenvalue weighted by molar-refractivity contribution is 7.18. The Bertz CT molecular complexity index is 460. The minimum absolute atomic E-state index is 0.171. The molecule has 0 saturated carbocycles. The third-order valence-electron chi connectivity index (χ3n) is 3.25. The summed E-state index contributed by atoms with van der Waals surface area (Å²) in [6.07, 6.45) is 2.14. The molecule has 7 nitrogen and oxygen atoms in total. The van der Waals surface area contributed by atoms with Crippen molar-refractivity contribution >= 4 is 28.2 Å². The van der Waals surface area contributed by atoms with Gasteiger partial charge in [0, 0.05) is 26.8 Å². The molecule has 118 valence electrons. The molecule has 2 heterocycles. The molecule has 1 saturated heterocycles. The second kappa shape index (κ2) is 8.16. The number of anilines is 2. The first kappa shape index (κ1) is 16.0. The number of nitrogens with two attached hydrogens (primary N) is 1. The average Bonchev–Trinajstić information content (AvgIpc) is 2.87. The first-order valence-corrected chi connectivity index (χ1v) is 7.87. The van der Waals surface area contributed by atoms with Crippen LogP contribution in [0.2, 0.25) is 0 Å². The van der Waals surface area contributed by atoms with Crippen LogP contribution >= 0.6 is 11.3 Å². The van der Waals surface area contributed by atoms with E-state index in [0.29, 0.717) is 42.2 Å². The minimum Gasteiger partial charge on any atom is -0.383 e. The van der Waals surface area contributed by atoms with E-state index in [-0.39, 0.29) is 11.7 Å². The molecule has 4 N–H and O–H groups in total. The van der Waals surface area contributed by atoms with Crippen LogP contribution in [0.15, 0.2) is 0 Å². The smallest absolute Gasteiger partial charge is 0.265 e. The number of methoxy groups -OCH3 is 1. The molecule has 1 aliphatic rings. The van der Waals surface area contributed by atoms with Gasteiger partial charge in [-0.1, -0.05) is 11.3 Å². The van der Waals surface area contributed by atoms with Crippen LogP contribution in [0.25, 0.3) is 0 Å². The summed E-state index contributed by atoms with van der Waals surface area (Å²) in [6, 6.07) is 0. The van der Waals surface area contributed by atoms with E-state index in [4.69, 9.17) is 15.2 Å². The molecular formula is C13H22N4O3S. The van der Waals surface area contributed by atoms with E-state index in [1.807, 2.05) is 0 Å². The summed E-state index contributed by atoms with van der Waals surface area (Å²) in [4.78, 5) is 16.7. The van der Waals surface area contributed by atoms with Crippen molar-refractivity contribution in [3.05, 3.63) is 4.88 Å². The van der Waals surface area contributed by atoms with Gasteiger partial charge in [-0.2, -0.15) is 0 Å². The third-order valence-corrected chi connectivity index (χ3v) is 4.28. The molecule has 1 aliphatic heterocycles. The second-order valence-electron chi connectivity index (χ2n) is 4.95. The van der Waals surface area contributed by atoms with Crippen molar-refractivity contribution in [1.29, 1.82) is 0 Å². The number of carbonyl (C=O) groups excluding carboxylic acids is 1. The molecule has 1 fully saturated rings. The molecule has 0 aromatic carbocycles. The second-order valence-corrected chi connectivity index (χ2v) is 5.95. The fourth-order valence-corrected chi connectivity index (χ4v) is 2.94. The van der Waals surface area contributed by atoms with Gasteiger partial charge >= 0.3 is 0 Å². The van der Waals surface area contributed by atoms with Crippen LogP contribution in [0.4, 0.5) is 10.9 Å². The molecule has 1 amide bonds. The van der Waals surface area contributed by atoms with E-state index in [0.717, 1.165) is 19.4 Å². The fraction of sp³-hybridized carbons (Fsp3) is 0.692. The van der Waals surface area contributed by atoms with Crippen molar-refractivity contribution in [2.45, 2.75) is 12.8 Å². The van der Waals surface area contributed by atoms with Gasteiger partial charge in [-0.05, 0) is 18.8 Å². The fourth-order valence-electron chi connectivity index (χ4n) is 2.12. The number of nitrogen functional groups attached to an aromatic ring is 1. The molecule has 21 heavy (non-hydrogen) atoms. The monoisotopic (exact) mass is 314 g/mol. The topological polar surface area (TPSA) is 98.5 Å². The molecule has 1 unspecified atom stereocenters. The Balaban J connectivity index is 1.83. The molecule has 1 atom stereocenters. The van der Waals surface area contributed by atoms with Crippen LogP contribution in [-0.4, -0.2) is 50.9 Å². The lowest BCUT2D eigenvalue weighted by molar-refractivity contribution is 0.0537. The van der Waals surface area contributed by atoms with E-state index in [1.54, 1.807) is 7.11 Å². The SMILES string of the molecule is COCCNc1nc(N)c(C(=O)NCC2CCCOC2)s1. The summed E-state index contributed by atoms with van der Waals surface area (Å²) in [6.45, 7) is 3.35. The highest BCUT2D eigenvalue weighted by Crippen LogP contribution is 2.24. The van der Waals surface area contributed by atoms with Crippen molar-refractivity contribution in [3.63, 3.8) is 0 Å². The number of hydrogen-bond acceptors (Lipinski definition) is 7. The summed E-state index contributed by atoms with van der Waals surface area (Å²) < 4.78 is 10.3. The summed E-state index contributed by atoms with van der Waals surface area (Å²) in [5.41, 5.74) is 5.80. The van der Waals surface area contributed by atoms with Crippen molar-refractivity contribution in [1.82, 2.24) is 10.3 Å². The zero-order valence-electron chi connectivity index (χ0n) is 12.2. The number of amides is 1. The zero-order valence-corrected chi connectivity index (χ0v) is 13.0. The van der Waals surface area contributed by atoms with Crippen LogP contribution in [0.1, 0.15) is 22.5 Å². The highest BCUT2D eigenvalue weighted by atomic mass is 32.1. The lowest BCUT2D eigenvalue weighted by atomic mass is 10.0. The summed E-state index contributed by atoms with van der Waals surface area (Å²) >= 11 is 1.26. The van der Waals surface area contributed by atoms with Gasteiger partial charge in [-0.15, -0.1) is 0 Å². The minimum atomic E-state index is -0.171. The molecule has 0 bridgehead atoms. The van der Waals surface area contributed by atoms with Gasteiger partial charge in [0.1, 0.15) is 10.7 Å². The average molecular weight is 314 g/mol. The Morgan fingerprint density at radius 3 is 3.19 bits per heavy atom. The predicted molar refractivity (Wildman–Crippen MR) is 82.8 cm³/mol. The summed E-state index contributed by atoms with van der Waals surface area (Å²) in [7, 11) is 1.63. The third kappa shape index (κ3) is 4.83. The van der Waals surface area contributed by atoms with Gasteiger partial charge in [0.05, 0.1) is 13.2 Å². The Morgan fingerprint density at radius 1 is 1.62 bits per heavy atom. The van der Waals surface area contributed by atoms with Gasteiger partial charge in [-0.3, -0.25) is 4.79 Å². The van der Waals surface area contributed by atoms with E-state index >= 15 is 0 Å². The molecule has 1 aromatic heterocycles. The van der Waals surface area contributed by atoms with E-state index in [9.17, 15) is 4.79 Å². The Hall–Kier alpha value is -1.38. The highest BCUT2D eigenvalue weighted by Gasteiger charge is 2.19. The molecule has 0 spiro atoms. The van der Waals surface area contributed by atoms with Gasteiger partial charge in [0.25, 0.3) is 5.91 Å². The molecule has 0 radical (unpaired) electrons. The lowest BCUT2D eigenvalue weighted by Gasteiger charge is -2.21. The van der Waals surface area contributed by atoms with Crippen molar-refractivity contribution in [2.24, 2.45) is 5.92 Å². The number of ether oxygens (including phenoxy) is 2. The van der Waals surface area contributed by atoms with E-state index in [2.05, 4.69) is 15.6 Å². The number of thiazole rings is 1. The molecular weight excluding hydrogens is 292 g/mol. The first-order chi connectivity index (χ1) is 10.2. The van der Waals surface area contributed by atoms with Crippen LogP contribution in [0, 0.1) is 5.92 Å². The van der Waals surface area contributed by atoms with Gasteiger partial charge in [0.2, 0.25) is 0 Å². The maximum atomic E-state index is 12.1. The standard InChI is InChI=1S/C13H22N4O3S/c1-19-6-4-15-13-17-11(14)10(21-13)12(18)16-7-9-3-2-5-20-8-9/h9H,2-8,14H2,1H3,(H,15,17)(H,16,18). The van der Waals surface area contributed by atoms with Crippen molar-refractivity contribution < 1.29 is 14.3 Å². The van der Waals surface area contributed by atoms with Crippen molar-refractivity contribution in [2.75, 3.05) is 51.1 Å². The van der Waals surface area contributed by atoms with Crippen LogP contribution in [0.3, 0.4) is 0 Å². The predicted octanol–water partition coefficient (Wildman–Crippen LogP) is 0.940. The van der Waals surface area contributed by atoms with Crippen molar-refractivity contribution in [3.8, 4) is 0 Å². The number of aromatic nitrogens is 1. The molecule has 1 aromatic rings. The molecule has 2 rings (SSSR count). The first-order valence-electron chi connectivity index (χ1n) is 7.05. The maximum Gasteiger partial charge on any atom is 0.265 e. The molecule has 8 heteroatoms. The number of hydrogen-bond donors (Lipinski definition) is 3. The summed E-state index contributed by atoms with van der Waals surface area (Å²) in [5.74, 6) is 0.476. The zero-order chi connectivity index (χ0) is 15.1. The maximum absolute atomic E-state index is 12.1. The quantitative estimate of drug-likeness (QED) is 0.648. The Morgan fingerprint density at radius 2 is 2.48 bits per heavy atom. The largest absolute Gasteiger partial charge is 0.383 e. The van der Waals surface area contributed by atoms with Gasteiger partial charge in [0.15, 0.2) is 5.13 Å². The normalized spacial score (nSPS) is 18.4. The number of carbonyl (C=O) groups is 1. The number of nitrogens with zero attached hydrogens (tertiary/aromatic N) is 1. The number of nitrogens with one attached hydrogen (secondary N) is 2. The lowest BCUT2D eigenvalue weighted by Crippen LogP contribution is -2.33. The summed E-state index contributed by atoms with van der Waals surface area (Å²) in [5, 5.41) is 6.61. The number of rotatable bonds is 7. The van der Waals surface area contributed by atoms with E-state index in [1.165, 1.54) is 11.3 Å². The van der Waals surface area contributed by atoms with Crippen LogP contribution < -0.4 is 16.4 Å². The Kier molecular flexibility index (Phi) is 6.21. The van der Waals surface area contributed by atoms with E-state index < -0.39 is 0 Å². The Labute approximate surface area is 128 Å². The molecule has 0 aliphatic carbocycles. The van der Waals surface area contributed by atoms with Crippen LogP contribution in [0.5, 0.6) is 0 Å². The van der Waals surface area contributed by atoms with Gasteiger partial charge < -0.3 is 25.8 Å². The van der Waals surface area contributed by atoms with Crippen LogP contribution in [-0.2, 0) is 9.47 Å².